The van der Waals surface area contributed by atoms with E-state index in [-0.39, 0.29) is 10.6 Å². The number of sulfonamides is 1. The maximum Gasteiger partial charge on any atom is 0.264 e. The fraction of sp³-hybridized carbons (Fsp3) is 0.143. The van der Waals surface area contributed by atoms with Crippen molar-refractivity contribution in [3.8, 4) is 0 Å². The Morgan fingerprint density at radius 2 is 1.67 bits per heavy atom. The molecule has 0 spiro atoms. The highest BCUT2D eigenvalue weighted by Crippen LogP contribution is 2.32. The molecule has 1 N–H and O–H groups in total. The zero-order valence-corrected chi connectivity index (χ0v) is 20.4. The van der Waals surface area contributed by atoms with E-state index in [0.29, 0.717) is 0 Å². The lowest BCUT2D eigenvalue weighted by atomic mass is 10.0. The summed E-state index contributed by atoms with van der Waals surface area (Å²) in [4.78, 5) is 12.8. The van der Waals surface area contributed by atoms with Crippen LogP contribution in [-0.2, 0) is 27.7 Å². The second kappa shape index (κ2) is 9.54. The molecule has 0 unspecified atom stereocenters. The third-order valence-corrected chi connectivity index (χ3v) is 8.10. The van der Waals surface area contributed by atoms with Gasteiger partial charge >= 0.3 is 0 Å². The van der Waals surface area contributed by atoms with Crippen molar-refractivity contribution in [3.63, 3.8) is 0 Å². The van der Waals surface area contributed by atoms with Gasteiger partial charge in [0.2, 0.25) is 0 Å². The third-order valence-electron chi connectivity index (χ3n) is 6.31. The molecular weight excluding hydrogens is 477 g/mol. The van der Waals surface area contributed by atoms with Crippen molar-refractivity contribution >= 4 is 38.6 Å². The van der Waals surface area contributed by atoms with Crippen LogP contribution in [-0.4, -0.2) is 27.1 Å². The van der Waals surface area contributed by atoms with E-state index >= 15 is 0 Å². The van der Waals surface area contributed by atoms with Crippen LogP contribution < -0.4 is 9.73 Å². The number of aryl methyl sites for hydroxylation is 3. The van der Waals surface area contributed by atoms with E-state index in [1.54, 1.807) is 18.3 Å². The molecule has 4 aromatic rings. The smallest absolute Gasteiger partial charge is 0.264 e. The van der Waals surface area contributed by atoms with E-state index in [9.17, 15) is 17.6 Å². The zero-order valence-electron chi connectivity index (χ0n) is 19.6. The molecule has 8 heteroatoms. The van der Waals surface area contributed by atoms with Crippen LogP contribution in [0.2, 0.25) is 0 Å². The van der Waals surface area contributed by atoms with Crippen molar-refractivity contribution < 1.29 is 17.6 Å². The minimum absolute atomic E-state index is 0.0293. The number of nitrogens with zero attached hydrogens (tertiary/aromatic N) is 2. The van der Waals surface area contributed by atoms with E-state index in [2.05, 4.69) is 22.7 Å². The molecule has 0 bridgehead atoms. The molecule has 5 rings (SSSR count). The maximum absolute atomic E-state index is 13.5. The summed E-state index contributed by atoms with van der Waals surface area (Å²) in [5, 5.41) is 6.39. The first-order valence-electron chi connectivity index (χ1n) is 11.5. The van der Waals surface area contributed by atoms with Crippen molar-refractivity contribution in [2.45, 2.75) is 24.7 Å². The number of halogens is 1. The summed E-state index contributed by atoms with van der Waals surface area (Å²) in [5.41, 5.74) is 6.97. The fourth-order valence-electron chi connectivity index (χ4n) is 4.48. The standard InChI is InChI=1S/C28H24FN3O3S/c1-19-5-15-25(16-6-19)36(34,35)32(24-13-11-23(29)12-14-24)18-27(33)31-30-17-22-10-9-21-8-7-20-3-2-4-26(22)28(20)21/h2-6,9-17H,7-8,18H2,1H3,(H,31,33). The molecule has 0 radical (unpaired) electrons. The number of carbonyl (C=O) groups is 1. The Bertz CT molecular complexity index is 1570. The number of amides is 1. The van der Waals surface area contributed by atoms with E-state index in [1.807, 2.05) is 25.1 Å². The van der Waals surface area contributed by atoms with Crippen LogP contribution in [0.1, 0.15) is 22.3 Å². The summed E-state index contributed by atoms with van der Waals surface area (Å²) in [7, 11) is -4.09. The van der Waals surface area contributed by atoms with Crippen molar-refractivity contribution in [2.24, 2.45) is 5.10 Å². The molecule has 36 heavy (non-hydrogen) atoms. The van der Waals surface area contributed by atoms with Gasteiger partial charge in [-0.05, 0) is 78.1 Å². The van der Waals surface area contributed by atoms with Crippen LogP contribution in [0.4, 0.5) is 10.1 Å². The summed E-state index contributed by atoms with van der Waals surface area (Å²) in [6.07, 6.45) is 3.59. The average Bonchev–Trinajstić information content (AvgIpc) is 3.29. The van der Waals surface area contributed by atoms with Crippen LogP contribution in [0, 0.1) is 12.7 Å². The predicted molar refractivity (Wildman–Crippen MR) is 139 cm³/mol. The molecule has 0 aliphatic heterocycles. The van der Waals surface area contributed by atoms with Gasteiger partial charge in [0.15, 0.2) is 0 Å². The quantitative estimate of drug-likeness (QED) is 0.294. The summed E-state index contributed by atoms with van der Waals surface area (Å²) < 4.78 is 41.2. The van der Waals surface area contributed by atoms with Crippen molar-refractivity contribution in [2.75, 3.05) is 10.8 Å². The molecule has 1 aliphatic rings. The van der Waals surface area contributed by atoms with Crippen molar-refractivity contribution in [1.82, 2.24) is 5.43 Å². The Kier molecular flexibility index (Phi) is 6.28. The molecule has 4 aromatic carbocycles. The number of rotatable bonds is 7. The topological polar surface area (TPSA) is 78.8 Å². The number of carbonyl (C=O) groups excluding carboxylic acids is 1. The number of anilines is 1. The minimum atomic E-state index is -4.09. The molecule has 0 heterocycles. The van der Waals surface area contributed by atoms with Crippen molar-refractivity contribution in [1.29, 1.82) is 0 Å². The van der Waals surface area contributed by atoms with Crippen molar-refractivity contribution in [3.05, 3.63) is 107 Å². The summed E-state index contributed by atoms with van der Waals surface area (Å²) in [6.45, 7) is 1.32. The largest absolute Gasteiger partial charge is 0.271 e. The Labute approximate surface area is 209 Å². The lowest BCUT2D eigenvalue weighted by Gasteiger charge is -2.23. The molecule has 1 amide bonds. The Morgan fingerprint density at radius 1 is 0.972 bits per heavy atom. The van der Waals surface area contributed by atoms with Gasteiger partial charge in [-0.3, -0.25) is 9.10 Å². The van der Waals surface area contributed by atoms with Gasteiger partial charge in [-0.15, -0.1) is 0 Å². The molecule has 0 aromatic heterocycles. The Morgan fingerprint density at radius 3 is 2.39 bits per heavy atom. The number of hydrazone groups is 1. The lowest BCUT2D eigenvalue weighted by Crippen LogP contribution is -2.39. The molecule has 182 valence electrons. The Hall–Kier alpha value is -4.04. The highest BCUT2D eigenvalue weighted by atomic mass is 32.2. The van der Waals surface area contributed by atoms with Crippen LogP contribution >= 0.6 is 0 Å². The van der Waals surface area contributed by atoms with E-state index in [1.165, 1.54) is 40.8 Å². The number of hydrogen-bond donors (Lipinski definition) is 1. The van der Waals surface area contributed by atoms with Crippen LogP contribution in [0.3, 0.4) is 0 Å². The van der Waals surface area contributed by atoms with Gasteiger partial charge in [-0.25, -0.2) is 18.2 Å². The van der Waals surface area contributed by atoms with Crippen LogP contribution in [0.25, 0.3) is 10.8 Å². The fourth-order valence-corrected chi connectivity index (χ4v) is 5.90. The zero-order chi connectivity index (χ0) is 25.3. The van der Waals surface area contributed by atoms with Gasteiger partial charge in [0.25, 0.3) is 15.9 Å². The van der Waals surface area contributed by atoms with Gasteiger partial charge in [-0.1, -0.05) is 48.0 Å². The molecule has 0 atom stereocenters. The molecule has 0 saturated carbocycles. The average molecular weight is 502 g/mol. The molecule has 1 aliphatic carbocycles. The first kappa shape index (κ1) is 23.7. The van der Waals surface area contributed by atoms with Crippen LogP contribution in [0.15, 0.2) is 88.9 Å². The molecule has 0 fully saturated rings. The summed E-state index contributed by atoms with van der Waals surface area (Å²) >= 11 is 0. The first-order valence-corrected chi connectivity index (χ1v) is 13.0. The minimum Gasteiger partial charge on any atom is -0.271 e. The first-order chi connectivity index (χ1) is 17.3. The highest BCUT2D eigenvalue weighted by Gasteiger charge is 2.27. The van der Waals surface area contributed by atoms with Gasteiger partial charge in [0.1, 0.15) is 12.4 Å². The van der Waals surface area contributed by atoms with Gasteiger partial charge in [0.05, 0.1) is 16.8 Å². The normalized spacial score (nSPS) is 12.8. The van der Waals surface area contributed by atoms with Gasteiger partial charge in [-0.2, -0.15) is 5.10 Å². The summed E-state index contributed by atoms with van der Waals surface area (Å²) in [5.74, 6) is -1.14. The molecule has 6 nitrogen and oxygen atoms in total. The number of hydrogen-bond acceptors (Lipinski definition) is 4. The SMILES string of the molecule is Cc1ccc(S(=O)(=O)N(CC(=O)NN=Cc2ccc3c4c(cccc24)CC3)c2ccc(F)cc2)cc1. The second-order valence-corrected chi connectivity index (χ2v) is 10.6. The third kappa shape index (κ3) is 4.59. The second-order valence-electron chi connectivity index (χ2n) is 8.75. The highest BCUT2D eigenvalue weighted by molar-refractivity contribution is 7.92. The van der Waals surface area contributed by atoms with E-state index < -0.39 is 28.3 Å². The Balaban J connectivity index is 1.38. The predicted octanol–water partition coefficient (Wildman–Crippen LogP) is 4.73. The van der Waals surface area contributed by atoms with E-state index in [0.717, 1.165) is 45.8 Å². The lowest BCUT2D eigenvalue weighted by molar-refractivity contribution is -0.119. The van der Waals surface area contributed by atoms with Crippen LogP contribution in [0.5, 0.6) is 0 Å². The molecule has 0 saturated heterocycles. The molecular formula is C28H24FN3O3S. The van der Waals surface area contributed by atoms with Gasteiger partial charge in [0, 0.05) is 5.56 Å². The monoisotopic (exact) mass is 501 g/mol. The number of benzene rings is 4. The van der Waals surface area contributed by atoms with Gasteiger partial charge < -0.3 is 0 Å². The van der Waals surface area contributed by atoms with E-state index in [4.69, 9.17) is 0 Å². The maximum atomic E-state index is 13.5. The number of nitrogens with one attached hydrogen (secondary N) is 1. The summed E-state index contributed by atoms with van der Waals surface area (Å²) in [6, 6.07) is 21.5.